The fraction of sp³-hybridized carbons (Fsp3) is 0.412. The van der Waals surface area contributed by atoms with Gasteiger partial charge >= 0.3 is 0 Å². The summed E-state index contributed by atoms with van der Waals surface area (Å²) in [6.07, 6.45) is 2.75. The summed E-state index contributed by atoms with van der Waals surface area (Å²) in [5.41, 5.74) is 3.21. The van der Waals surface area contributed by atoms with E-state index in [2.05, 4.69) is 21.2 Å². The number of nitrogens with one attached hydrogen (secondary N) is 3. The van der Waals surface area contributed by atoms with Crippen LogP contribution in [0.2, 0.25) is 0 Å². The summed E-state index contributed by atoms with van der Waals surface area (Å²) in [6, 6.07) is 9.22. The Morgan fingerprint density at radius 3 is 2.62 bits per heavy atom. The number of unbranched alkanes of at least 4 members (excludes halogenated alkanes) is 2. The number of rotatable bonds is 7. The maximum absolute atomic E-state index is 12.0. The van der Waals surface area contributed by atoms with Crippen molar-refractivity contribution in [3.05, 3.63) is 35.9 Å². The third kappa shape index (κ3) is 5.19. The van der Waals surface area contributed by atoms with Crippen LogP contribution in [-0.4, -0.2) is 30.1 Å². The molecule has 1 heterocycles. The molecule has 1 aromatic rings. The highest BCUT2D eigenvalue weighted by atomic mass is 16.2. The van der Waals surface area contributed by atoms with Crippen molar-refractivity contribution in [2.24, 2.45) is 5.10 Å². The van der Waals surface area contributed by atoms with Gasteiger partial charge in [0.1, 0.15) is 11.8 Å². The molecule has 1 aliphatic heterocycles. The number of hydrogen-bond donors (Lipinski definition) is 3. The average molecular weight is 330 g/mol. The van der Waals surface area contributed by atoms with Gasteiger partial charge in [-0.3, -0.25) is 14.4 Å². The summed E-state index contributed by atoms with van der Waals surface area (Å²) >= 11 is 0. The minimum atomic E-state index is -0.574. The molecule has 7 heteroatoms. The minimum absolute atomic E-state index is 0.0453. The van der Waals surface area contributed by atoms with Gasteiger partial charge in [0, 0.05) is 19.9 Å². The maximum Gasteiger partial charge on any atom is 0.255 e. The molecule has 24 heavy (non-hydrogen) atoms. The SMILES string of the molecule is CC(=O)NCCCCCC(=O)NC1=NNC(=O)[C@@H]1c1ccccc1. The van der Waals surface area contributed by atoms with Crippen LogP contribution in [-0.2, 0) is 14.4 Å². The highest BCUT2D eigenvalue weighted by molar-refractivity contribution is 6.15. The van der Waals surface area contributed by atoms with E-state index in [-0.39, 0.29) is 17.7 Å². The van der Waals surface area contributed by atoms with E-state index in [0.717, 1.165) is 24.8 Å². The van der Waals surface area contributed by atoms with Crippen molar-refractivity contribution < 1.29 is 14.4 Å². The van der Waals surface area contributed by atoms with E-state index in [1.165, 1.54) is 6.92 Å². The molecule has 1 aromatic carbocycles. The van der Waals surface area contributed by atoms with E-state index in [9.17, 15) is 14.4 Å². The second kappa shape index (κ2) is 8.81. The Hall–Kier alpha value is -2.70. The molecular weight excluding hydrogens is 308 g/mol. The lowest BCUT2D eigenvalue weighted by molar-refractivity contribution is -0.121. The fourth-order valence-electron chi connectivity index (χ4n) is 2.48. The number of amides is 3. The van der Waals surface area contributed by atoms with E-state index in [4.69, 9.17) is 0 Å². The molecule has 0 bridgehead atoms. The van der Waals surface area contributed by atoms with Crippen molar-refractivity contribution in [1.82, 2.24) is 16.1 Å². The van der Waals surface area contributed by atoms with E-state index in [1.807, 2.05) is 30.3 Å². The Labute approximate surface area is 140 Å². The van der Waals surface area contributed by atoms with E-state index >= 15 is 0 Å². The number of carbonyl (C=O) groups excluding carboxylic acids is 3. The summed E-state index contributed by atoms with van der Waals surface area (Å²) in [6.45, 7) is 2.10. The number of hydrogen-bond acceptors (Lipinski definition) is 4. The molecule has 0 aromatic heterocycles. The monoisotopic (exact) mass is 330 g/mol. The van der Waals surface area contributed by atoms with Crippen LogP contribution in [0.25, 0.3) is 0 Å². The van der Waals surface area contributed by atoms with Crippen molar-refractivity contribution in [2.75, 3.05) is 6.54 Å². The molecular formula is C17H22N4O3. The first-order chi connectivity index (χ1) is 11.6. The molecule has 0 aliphatic carbocycles. The van der Waals surface area contributed by atoms with Gasteiger partial charge in [-0.15, -0.1) is 0 Å². The van der Waals surface area contributed by atoms with Crippen LogP contribution in [0, 0.1) is 0 Å². The van der Waals surface area contributed by atoms with E-state index in [0.29, 0.717) is 18.8 Å². The minimum Gasteiger partial charge on any atom is -0.356 e. The maximum atomic E-state index is 12.0. The van der Waals surface area contributed by atoms with Gasteiger partial charge < -0.3 is 10.6 Å². The van der Waals surface area contributed by atoms with Crippen LogP contribution in [0.5, 0.6) is 0 Å². The van der Waals surface area contributed by atoms with E-state index < -0.39 is 5.92 Å². The van der Waals surface area contributed by atoms with Crippen molar-refractivity contribution >= 4 is 23.6 Å². The lowest BCUT2D eigenvalue weighted by atomic mass is 9.98. The Morgan fingerprint density at radius 1 is 1.17 bits per heavy atom. The molecule has 0 saturated heterocycles. The van der Waals surface area contributed by atoms with Gasteiger partial charge in [0.15, 0.2) is 0 Å². The molecule has 0 radical (unpaired) electrons. The second-order valence-corrected chi connectivity index (χ2v) is 5.66. The summed E-state index contributed by atoms with van der Waals surface area (Å²) in [7, 11) is 0. The molecule has 0 fully saturated rings. The average Bonchev–Trinajstić information content (AvgIpc) is 2.91. The molecule has 0 unspecified atom stereocenters. The zero-order valence-electron chi connectivity index (χ0n) is 13.7. The molecule has 3 amide bonds. The van der Waals surface area contributed by atoms with E-state index in [1.54, 1.807) is 0 Å². The Balaban J connectivity index is 1.77. The second-order valence-electron chi connectivity index (χ2n) is 5.66. The third-order valence-electron chi connectivity index (χ3n) is 3.68. The topological polar surface area (TPSA) is 99.7 Å². The highest BCUT2D eigenvalue weighted by Crippen LogP contribution is 2.20. The number of hydrazone groups is 1. The van der Waals surface area contributed by atoms with Gasteiger partial charge in [0.2, 0.25) is 11.8 Å². The smallest absolute Gasteiger partial charge is 0.255 e. The van der Waals surface area contributed by atoms with Gasteiger partial charge in [0.05, 0.1) is 0 Å². The summed E-state index contributed by atoms with van der Waals surface area (Å²) < 4.78 is 0. The van der Waals surface area contributed by atoms with Gasteiger partial charge in [-0.05, 0) is 18.4 Å². The lowest BCUT2D eigenvalue weighted by Crippen LogP contribution is -2.35. The first kappa shape index (κ1) is 17.7. The number of carbonyl (C=O) groups is 3. The number of nitrogens with zero attached hydrogens (tertiary/aromatic N) is 1. The quantitative estimate of drug-likeness (QED) is 0.651. The van der Waals surface area contributed by atoms with Crippen molar-refractivity contribution in [2.45, 2.75) is 38.5 Å². The van der Waals surface area contributed by atoms with Crippen LogP contribution in [0.4, 0.5) is 0 Å². The van der Waals surface area contributed by atoms with Crippen LogP contribution in [0.1, 0.15) is 44.1 Å². The summed E-state index contributed by atoms with van der Waals surface area (Å²) in [5.74, 6) is -0.682. The van der Waals surface area contributed by atoms with Crippen LogP contribution < -0.4 is 16.1 Å². The number of amidine groups is 1. The van der Waals surface area contributed by atoms with Gasteiger partial charge in [-0.1, -0.05) is 36.8 Å². The zero-order valence-corrected chi connectivity index (χ0v) is 13.7. The molecule has 128 valence electrons. The largest absolute Gasteiger partial charge is 0.356 e. The van der Waals surface area contributed by atoms with Gasteiger partial charge in [-0.2, -0.15) is 5.10 Å². The molecule has 0 saturated carbocycles. The molecule has 3 N–H and O–H groups in total. The van der Waals surface area contributed by atoms with Crippen molar-refractivity contribution in [3.8, 4) is 0 Å². The molecule has 2 rings (SSSR count). The molecule has 7 nitrogen and oxygen atoms in total. The first-order valence-corrected chi connectivity index (χ1v) is 8.04. The Kier molecular flexibility index (Phi) is 6.48. The van der Waals surface area contributed by atoms with Crippen LogP contribution in [0.3, 0.4) is 0 Å². The predicted molar refractivity (Wildman–Crippen MR) is 90.1 cm³/mol. The van der Waals surface area contributed by atoms with Crippen LogP contribution in [0.15, 0.2) is 35.4 Å². The predicted octanol–water partition coefficient (Wildman–Crippen LogP) is 1.03. The zero-order chi connectivity index (χ0) is 17.4. The molecule has 1 aliphatic rings. The molecule has 1 atom stereocenters. The number of benzene rings is 1. The first-order valence-electron chi connectivity index (χ1n) is 8.04. The normalized spacial score (nSPS) is 16.3. The van der Waals surface area contributed by atoms with Crippen LogP contribution >= 0.6 is 0 Å². The van der Waals surface area contributed by atoms with Gasteiger partial charge in [0.25, 0.3) is 5.91 Å². The fourth-order valence-corrected chi connectivity index (χ4v) is 2.48. The summed E-state index contributed by atoms with van der Waals surface area (Å²) in [5, 5.41) is 9.37. The Bertz CT molecular complexity index is 628. The standard InChI is InChI=1S/C17H22N4O3/c1-12(22)18-11-7-3-6-10-14(23)19-16-15(17(24)21-20-16)13-8-4-2-5-9-13/h2,4-5,8-9,15H,3,6-7,10-11H2,1H3,(H,18,22)(H,21,24)(H,19,20,23)/t15-/m1/s1. The lowest BCUT2D eigenvalue weighted by Gasteiger charge is -2.12. The molecule has 0 spiro atoms. The van der Waals surface area contributed by atoms with Gasteiger partial charge in [-0.25, -0.2) is 5.43 Å². The highest BCUT2D eigenvalue weighted by Gasteiger charge is 2.32. The van der Waals surface area contributed by atoms with Crippen molar-refractivity contribution in [1.29, 1.82) is 0 Å². The summed E-state index contributed by atoms with van der Waals surface area (Å²) in [4.78, 5) is 34.7. The third-order valence-corrected chi connectivity index (χ3v) is 3.68. The Morgan fingerprint density at radius 2 is 1.92 bits per heavy atom. The van der Waals surface area contributed by atoms with Crippen molar-refractivity contribution in [3.63, 3.8) is 0 Å².